The third-order valence-corrected chi connectivity index (χ3v) is 7.07. The SMILES string of the molecule is CCOC(=O)C1=C(COC(=O)C2(Cc3nc4ccccc4s3)CCCC2)NC(=O)NC1C. The molecule has 1 aromatic heterocycles. The van der Waals surface area contributed by atoms with E-state index in [1.165, 1.54) is 0 Å². The Labute approximate surface area is 190 Å². The smallest absolute Gasteiger partial charge is 0.338 e. The maximum absolute atomic E-state index is 13.3. The Morgan fingerprint density at radius 1 is 1.22 bits per heavy atom. The number of aromatic nitrogens is 1. The minimum atomic E-state index is -0.638. The zero-order valence-electron chi connectivity index (χ0n) is 18.2. The lowest BCUT2D eigenvalue weighted by Crippen LogP contribution is -2.50. The van der Waals surface area contributed by atoms with E-state index in [9.17, 15) is 14.4 Å². The van der Waals surface area contributed by atoms with E-state index in [1.54, 1.807) is 25.2 Å². The third-order valence-electron chi connectivity index (χ3n) is 6.03. The van der Waals surface area contributed by atoms with E-state index in [4.69, 9.17) is 14.5 Å². The second-order valence-corrected chi connectivity index (χ2v) is 9.36. The third kappa shape index (κ3) is 4.48. The number of ether oxygens (including phenoxy) is 2. The van der Waals surface area contributed by atoms with Crippen LogP contribution in [0.25, 0.3) is 10.2 Å². The van der Waals surface area contributed by atoms with Gasteiger partial charge in [-0.15, -0.1) is 11.3 Å². The Balaban J connectivity index is 1.52. The molecule has 1 fully saturated rings. The molecule has 2 aromatic rings. The molecule has 1 aliphatic heterocycles. The van der Waals surface area contributed by atoms with Crippen molar-refractivity contribution in [1.82, 2.24) is 15.6 Å². The highest BCUT2D eigenvalue weighted by Gasteiger charge is 2.44. The molecule has 2 heterocycles. The molecule has 0 bridgehead atoms. The van der Waals surface area contributed by atoms with Gasteiger partial charge < -0.3 is 20.1 Å². The maximum Gasteiger partial charge on any atom is 0.338 e. The summed E-state index contributed by atoms with van der Waals surface area (Å²) in [6, 6.07) is 6.95. The van der Waals surface area contributed by atoms with Crippen LogP contribution in [0.1, 0.15) is 44.5 Å². The summed E-state index contributed by atoms with van der Waals surface area (Å²) in [6.07, 6.45) is 3.90. The number of amides is 2. The summed E-state index contributed by atoms with van der Waals surface area (Å²) < 4.78 is 11.9. The van der Waals surface area contributed by atoms with Crippen LogP contribution in [0.3, 0.4) is 0 Å². The van der Waals surface area contributed by atoms with E-state index in [0.29, 0.717) is 6.42 Å². The summed E-state index contributed by atoms with van der Waals surface area (Å²) >= 11 is 1.60. The van der Waals surface area contributed by atoms with Crippen LogP contribution >= 0.6 is 11.3 Å². The number of carbonyl (C=O) groups is 3. The summed E-state index contributed by atoms with van der Waals surface area (Å²) in [5.74, 6) is -0.853. The molecular weight excluding hydrogens is 430 g/mol. The van der Waals surface area contributed by atoms with Gasteiger partial charge in [-0.3, -0.25) is 4.79 Å². The van der Waals surface area contributed by atoms with E-state index in [2.05, 4.69) is 10.6 Å². The Morgan fingerprint density at radius 3 is 2.69 bits per heavy atom. The van der Waals surface area contributed by atoms with Crippen LogP contribution in [-0.4, -0.2) is 42.2 Å². The van der Waals surface area contributed by atoms with E-state index >= 15 is 0 Å². The average Bonchev–Trinajstić information content (AvgIpc) is 3.39. The summed E-state index contributed by atoms with van der Waals surface area (Å²) in [6.45, 7) is 3.43. The summed E-state index contributed by atoms with van der Waals surface area (Å²) in [7, 11) is 0. The van der Waals surface area contributed by atoms with Gasteiger partial charge in [-0.05, 0) is 38.8 Å². The first-order valence-electron chi connectivity index (χ1n) is 10.9. The zero-order valence-corrected chi connectivity index (χ0v) is 19.0. The fraction of sp³-hybridized carbons (Fsp3) is 0.478. The van der Waals surface area contributed by atoms with Crippen LogP contribution in [0.2, 0.25) is 0 Å². The molecule has 1 unspecified atom stereocenters. The summed E-state index contributed by atoms with van der Waals surface area (Å²) in [5, 5.41) is 6.16. The maximum atomic E-state index is 13.3. The molecule has 2 amide bonds. The molecule has 32 heavy (non-hydrogen) atoms. The Kier molecular flexibility index (Phi) is 6.45. The van der Waals surface area contributed by atoms with Crippen molar-refractivity contribution in [1.29, 1.82) is 0 Å². The minimum Gasteiger partial charge on any atom is -0.463 e. The second kappa shape index (κ2) is 9.28. The molecule has 1 aliphatic carbocycles. The number of benzene rings is 1. The number of fused-ring (bicyclic) bond motifs is 1. The van der Waals surface area contributed by atoms with Crippen molar-refractivity contribution >= 4 is 39.5 Å². The van der Waals surface area contributed by atoms with Crippen molar-refractivity contribution in [2.45, 2.75) is 52.0 Å². The molecule has 4 rings (SSSR count). The van der Waals surface area contributed by atoms with Crippen molar-refractivity contribution in [3.63, 3.8) is 0 Å². The van der Waals surface area contributed by atoms with Crippen LogP contribution in [0, 0.1) is 5.41 Å². The fourth-order valence-electron chi connectivity index (χ4n) is 4.47. The van der Waals surface area contributed by atoms with Gasteiger partial charge in [-0.2, -0.15) is 0 Å². The lowest BCUT2D eigenvalue weighted by Gasteiger charge is -2.29. The molecule has 0 radical (unpaired) electrons. The lowest BCUT2D eigenvalue weighted by molar-refractivity contribution is -0.155. The van der Waals surface area contributed by atoms with E-state index in [-0.39, 0.29) is 30.5 Å². The van der Waals surface area contributed by atoms with Gasteiger partial charge in [0.15, 0.2) is 0 Å². The molecule has 1 aromatic carbocycles. The van der Waals surface area contributed by atoms with Gasteiger partial charge in [-0.25, -0.2) is 14.6 Å². The highest BCUT2D eigenvalue weighted by atomic mass is 32.1. The molecule has 0 spiro atoms. The van der Waals surface area contributed by atoms with Crippen LogP contribution < -0.4 is 10.6 Å². The molecule has 170 valence electrons. The van der Waals surface area contributed by atoms with Crippen molar-refractivity contribution in [3.05, 3.63) is 40.5 Å². The van der Waals surface area contributed by atoms with Crippen molar-refractivity contribution in [3.8, 4) is 0 Å². The number of thiazole rings is 1. The summed E-state index contributed by atoms with van der Waals surface area (Å²) in [5.41, 5.74) is 0.831. The van der Waals surface area contributed by atoms with Crippen LogP contribution in [0.15, 0.2) is 35.5 Å². The van der Waals surface area contributed by atoms with Crippen LogP contribution in [-0.2, 0) is 25.5 Å². The Morgan fingerprint density at radius 2 is 1.97 bits per heavy atom. The Bertz CT molecular complexity index is 1040. The lowest BCUT2D eigenvalue weighted by atomic mass is 9.83. The first-order chi connectivity index (χ1) is 15.4. The molecule has 2 N–H and O–H groups in total. The van der Waals surface area contributed by atoms with Gasteiger partial charge in [0.2, 0.25) is 0 Å². The van der Waals surface area contributed by atoms with Gasteiger partial charge in [0.25, 0.3) is 0 Å². The van der Waals surface area contributed by atoms with Gasteiger partial charge >= 0.3 is 18.0 Å². The number of esters is 2. The van der Waals surface area contributed by atoms with Crippen LogP contribution in [0.4, 0.5) is 4.79 Å². The number of nitrogens with one attached hydrogen (secondary N) is 2. The predicted molar refractivity (Wildman–Crippen MR) is 120 cm³/mol. The molecule has 0 saturated heterocycles. The predicted octanol–water partition coefficient (Wildman–Crippen LogP) is 3.46. The molecule has 2 aliphatic rings. The Hall–Kier alpha value is -2.94. The van der Waals surface area contributed by atoms with Crippen molar-refractivity contribution < 1.29 is 23.9 Å². The number of nitrogens with zero attached hydrogens (tertiary/aromatic N) is 1. The largest absolute Gasteiger partial charge is 0.463 e. The van der Waals surface area contributed by atoms with Crippen molar-refractivity contribution in [2.24, 2.45) is 5.41 Å². The normalized spacial score (nSPS) is 20.1. The van der Waals surface area contributed by atoms with E-state index < -0.39 is 23.5 Å². The fourth-order valence-corrected chi connectivity index (χ4v) is 5.59. The number of para-hydroxylation sites is 1. The quantitative estimate of drug-likeness (QED) is 0.617. The second-order valence-electron chi connectivity index (χ2n) is 8.25. The molecular formula is C23H27N3O5S. The molecule has 1 atom stereocenters. The number of rotatable bonds is 7. The van der Waals surface area contributed by atoms with Crippen LogP contribution in [0.5, 0.6) is 0 Å². The zero-order chi connectivity index (χ0) is 22.7. The highest BCUT2D eigenvalue weighted by molar-refractivity contribution is 7.18. The number of urea groups is 1. The molecule has 8 nitrogen and oxygen atoms in total. The van der Waals surface area contributed by atoms with E-state index in [0.717, 1.165) is 40.9 Å². The first-order valence-corrected chi connectivity index (χ1v) is 11.7. The highest BCUT2D eigenvalue weighted by Crippen LogP contribution is 2.43. The average molecular weight is 458 g/mol. The topological polar surface area (TPSA) is 107 Å². The first kappa shape index (κ1) is 22.3. The van der Waals surface area contributed by atoms with Gasteiger partial charge in [-0.1, -0.05) is 25.0 Å². The van der Waals surface area contributed by atoms with Gasteiger partial charge in [0, 0.05) is 6.42 Å². The number of hydrogen-bond acceptors (Lipinski definition) is 7. The van der Waals surface area contributed by atoms with Crippen molar-refractivity contribution in [2.75, 3.05) is 13.2 Å². The number of carbonyl (C=O) groups excluding carboxylic acids is 3. The van der Waals surface area contributed by atoms with E-state index in [1.807, 2.05) is 24.3 Å². The monoisotopic (exact) mass is 457 g/mol. The summed E-state index contributed by atoms with van der Waals surface area (Å²) in [4.78, 5) is 42.3. The molecule has 9 heteroatoms. The minimum absolute atomic E-state index is 0.188. The van der Waals surface area contributed by atoms with Gasteiger partial charge in [0.1, 0.15) is 6.61 Å². The molecule has 1 saturated carbocycles. The van der Waals surface area contributed by atoms with Gasteiger partial charge in [0.05, 0.1) is 44.6 Å². The number of hydrogen-bond donors (Lipinski definition) is 2. The standard InChI is InChI=1S/C23H27N3O5S/c1-3-30-20(27)19-14(2)24-22(29)26-16(19)13-31-21(28)23(10-6-7-11-23)12-18-25-15-8-4-5-9-17(15)32-18/h4-5,8-9,14H,3,6-7,10-13H2,1-2H3,(H2,24,26,29).